The molecule has 2 aromatic carbocycles. The average Bonchev–Trinajstić information content (AvgIpc) is 3.07. The van der Waals surface area contributed by atoms with E-state index in [4.69, 9.17) is 9.47 Å². The fourth-order valence-corrected chi connectivity index (χ4v) is 5.08. The molecule has 2 bridgehead atoms. The van der Waals surface area contributed by atoms with Gasteiger partial charge < -0.3 is 24.6 Å². The van der Waals surface area contributed by atoms with Gasteiger partial charge in [-0.25, -0.2) is 4.79 Å². The standard InChI is InChI=1S/C25H31N3O3/c29-25(30-18-19-5-2-1-3-6-19)27-13-11-23(12-14-27)31-24-8-4-7-20(15-24)28-21-9-10-22(28)17-26-16-21/h1-8,15,21-23,26H,9-14,16-18H2/t21-,22+. The number of piperidine rings is 1. The number of amides is 1. The second kappa shape index (κ2) is 9.18. The van der Waals surface area contributed by atoms with Crippen molar-refractivity contribution in [3.8, 4) is 5.75 Å². The van der Waals surface area contributed by atoms with Gasteiger partial charge >= 0.3 is 6.09 Å². The molecule has 2 aromatic rings. The molecular formula is C25H31N3O3. The minimum absolute atomic E-state index is 0.133. The Morgan fingerprint density at radius 1 is 0.935 bits per heavy atom. The van der Waals surface area contributed by atoms with Crippen LogP contribution in [0.15, 0.2) is 54.6 Å². The first-order chi connectivity index (χ1) is 15.3. The normalized spacial score (nSPS) is 23.6. The highest BCUT2D eigenvalue weighted by molar-refractivity contribution is 5.67. The summed E-state index contributed by atoms with van der Waals surface area (Å²) in [5, 5.41) is 3.54. The van der Waals surface area contributed by atoms with Crippen LogP contribution >= 0.6 is 0 Å². The van der Waals surface area contributed by atoms with Crippen LogP contribution in [0, 0.1) is 0 Å². The van der Waals surface area contributed by atoms with Crippen LogP contribution in [-0.2, 0) is 11.3 Å². The van der Waals surface area contributed by atoms with Gasteiger partial charge in [0.05, 0.1) is 0 Å². The lowest BCUT2D eigenvalue weighted by molar-refractivity contribution is 0.0638. The van der Waals surface area contributed by atoms with E-state index >= 15 is 0 Å². The summed E-state index contributed by atoms with van der Waals surface area (Å²) in [7, 11) is 0. The van der Waals surface area contributed by atoms with Gasteiger partial charge in [-0.2, -0.15) is 0 Å². The first-order valence-corrected chi connectivity index (χ1v) is 11.5. The molecule has 3 heterocycles. The highest BCUT2D eigenvalue weighted by atomic mass is 16.6. The summed E-state index contributed by atoms with van der Waals surface area (Å²) in [6.45, 7) is 3.79. The van der Waals surface area contributed by atoms with Crippen LogP contribution in [0.3, 0.4) is 0 Å². The molecular weight excluding hydrogens is 390 g/mol. The Kier molecular flexibility index (Phi) is 5.98. The molecule has 0 spiro atoms. The maximum absolute atomic E-state index is 12.4. The van der Waals surface area contributed by atoms with E-state index in [1.807, 2.05) is 36.4 Å². The quantitative estimate of drug-likeness (QED) is 0.796. The predicted molar refractivity (Wildman–Crippen MR) is 120 cm³/mol. The molecule has 6 heteroatoms. The van der Waals surface area contributed by atoms with Gasteiger partial charge in [-0.1, -0.05) is 36.4 Å². The number of hydrogen-bond donors (Lipinski definition) is 1. The monoisotopic (exact) mass is 421 g/mol. The lowest BCUT2D eigenvalue weighted by Crippen LogP contribution is -2.52. The third-order valence-corrected chi connectivity index (χ3v) is 6.70. The van der Waals surface area contributed by atoms with Crippen molar-refractivity contribution in [1.29, 1.82) is 0 Å². The summed E-state index contributed by atoms with van der Waals surface area (Å²) in [4.78, 5) is 16.7. The van der Waals surface area contributed by atoms with Gasteiger partial charge in [0.25, 0.3) is 0 Å². The number of ether oxygens (including phenoxy) is 2. The number of likely N-dealkylation sites (tertiary alicyclic amines) is 1. The molecule has 1 amide bonds. The van der Waals surface area contributed by atoms with Crippen LogP contribution in [0.2, 0.25) is 0 Å². The van der Waals surface area contributed by atoms with Crippen molar-refractivity contribution < 1.29 is 14.3 Å². The minimum Gasteiger partial charge on any atom is -0.490 e. The molecule has 1 N–H and O–H groups in total. The lowest BCUT2D eigenvalue weighted by atomic mass is 10.1. The zero-order valence-corrected chi connectivity index (χ0v) is 17.9. The predicted octanol–water partition coefficient (Wildman–Crippen LogP) is 3.81. The minimum atomic E-state index is -0.238. The summed E-state index contributed by atoms with van der Waals surface area (Å²) >= 11 is 0. The second-order valence-corrected chi connectivity index (χ2v) is 8.79. The molecule has 3 saturated heterocycles. The van der Waals surface area contributed by atoms with Gasteiger partial charge in [0, 0.05) is 62.9 Å². The van der Waals surface area contributed by atoms with E-state index in [1.165, 1.54) is 18.5 Å². The van der Waals surface area contributed by atoms with Crippen LogP contribution in [0.25, 0.3) is 0 Å². The van der Waals surface area contributed by atoms with Gasteiger partial charge in [0.2, 0.25) is 0 Å². The van der Waals surface area contributed by atoms with E-state index in [0.29, 0.717) is 31.8 Å². The number of carbonyl (C=O) groups excluding carboxylic acids is 1. The zero-order chi connectivity index (χ0) is 21.0. The van der Waals surface area contributed by atoms with Gasteiger partial charge in [-0.05, 0) is 30.5 Å². The van der Waals surface area contributed by atoms with Gasteiger partial charge in [-0.3, -0.25) is 0 Å². The Hall–Kier alpha value is -2.73. The molecule has 0 aromatic heterocycles. The molecule has 3 aliphatic rings. The smallest absolute Gasteiger partial charge is 0.410 e. The van der Waals surface area contributed by atoms with E-state index in [9.17, 15) is 4.79 Å². The van der Waals surface area contributed by atoms with Crippen molar-refractivity contribution >= 4 is 11.8 Å². The number of carbonyl (C=O) groups is 1. The van der Waals surface area contributed by atoms with Crippen molar-refractivity contribution in [3.63, 3.8) is 0 Å². The van der Waals surface area contributed by atoms with Gasteiger partial charge in [0.1, 0.15) is 18.5 Å². The first kappa shape index (κ1) is 20.2. The Labute approximate surface area is 184 Å². The molecule has 0 aliphatic carbocycles. The zero-order valence-electron chi connectivity index (χ0n) is 17.9. The summed E-state index contributed by atoms with van der Waals surface area (Å²) in [6.07, 6.45) is 4.07. The third-order valence-electron chi connectivity index (χ3n) is 6.70. The second-order valence-electron chi connectivity index (χ2n) is 8.79. The molecule has 3 fully saturated rings. The number of nitrogens with zero attached hydrogens (tertiary/aromatic N) is 2. The molecule has 31 heavy (non-hydrogen) atoms. The Morgan fingerprint density at radius 2 is 1.68 bits per heavy atom. The Balaban J connectivity index is 1.12. The van der Waals surface area contributed by atoms with E-state index in [2.05, 4.69) is 28.4 Å². The molecule has 2 atom stereocenters. The molecule has 6 nitrogen and oxygen atoms in total. The topological polar surface area (TPSA) is 54.0 Å². The van der Waals surface area contributed by atoms with E-state index in [0.717, 1.165) is 37.2 Å². The number of hydrogen-bond acceptors (Lipinski definition) is 5. The van der Waals surface area contributed by atoms with Crippen LogP contribution in [-0.4, -0.2) is 55.4 Å². The van der Waals surface area contributed by atoms with Crippen LogP contribution in [0.5, 0.6) is 5.75 Å². The third kappa shape index (κ3) is 4.64. The molecule has 3 aliphatic heterocycles. The van der Waals surface area contributed by atoms with Crippen molar-refractivity contribution in [2.45, 2.75) is 50.5 Å². The molecule has 164 valence electrons. The van der Waals surface area contributed by atoms with E-state index < -0.39 is 0 Å². The molecule has 0 saturated carbocycles. The fourth-order valence-electron chi connectivity index (χ4n) is 5.08. The number of fused-ring (bicyclic) bond motifs is 2. The Bertz CT molecular complexity index is 867. The summed E-state index contributed by atoms with van der Waals surface area (Å²) in [6, 6.07) is 19.5. The largest absolute Gasteiger partial charge is 0.490 e. The van der Waals surface area contributed by atoms with Crippen molar-refractivity contribution in [2.24, 2.45) is 0 Å². The van der Waals surface area contributed by atoms with Gasteiger partial charge in [-0.15, -0.1) is 0 Å². The maximum Gasteiger partial charge on any atom is 0.410 e. The lowest BCUT2D eigenvalue weighted by Gasteiger charge is -2.37. The average molecular weight is 422 g/mol. The van der Waals surface area contributed by atoms with Crippen LogP contribution < -0.4 is 15.0 Å². The van der Waals surface area contributed by atoms with Crippen LogP contribution in [0.4, 0.5) is 10.5 Å². The number of rotatable bonds is 5. The molecule has 0 radical (unpaired) electrons. The van der Waals surface area contributed by atoms with Crippen molar-refractivity contribution in [1.82, 2.24) is 10.2 Å². The van der Waals surface area contributed by atoms with Gasteiger partial charge in [0.15, 0.2) is 0 Å². The summed E-state index contributed by atoms with van der Waals surface area (Å²) < 4.78 is 11.8. The maximum atomic E-state index is 12.4. The summed E-state index contributed by atoms with van der Waals surface area (Å²) in [5.74, 6) is 0.931. The number of nitrogens with one attached hydrogen (secondary N) is 1. The highest BCUT2D eigenvalue weighted by Crippen LogP contribution is 2.34. The summed E-state index contributed by atoms with van der Waals surface area (Å²) in [5.41, 5.74) is 2.28. The molecule has 0 unspecified atom stereocenters. The molecule has 5 rings (SSSR count). The highest BCUT2D eigenvalue weighted by Gasteiger charge is 2.36. The van der Waals surface area contributed by atoms with Crippen molar-refractivity contribution in [3.05, 3.63) is 60.2 Å². The van der Waals surface area contributed by atoms with E-state index in [-0.39, 0.29) is 12.2 Å². The van der Waals surface area contributed by atoms with E-state index in [1.54, 1.807) is 4.90 Å². The number of anilines is 1. The Morgan fingerprint density at radius 3 is 2.42 bits per heavy atom. The fraction of sp³-hybridized carbons (Fsp3) is 0.480. The van der Waals surface area contributed by atoms with Crippen LogP contribution in [0.1, 0.15) is 31.2 Å². The number of piperazine rings is 1. The van der Waals surface area contributed by atoms with Crippen molar-refractivity contribution in [2.75, 3.05) is 31.1 Å². The number of benzene rings is 2. The SMILES string of the molecule is O=C(OCc1ccccc1)N1CCC(Oc2cccc(N3[C@@H]4CC[C@H]3CNC4)c2)CC1. The first-order valence-electron chi connectivity index (χ1n) is 11.5.